The molecule has 2 bridgehead atoms. The second kappa shape index (κ2) is 2.48. The third-order valence-corrected chi connectivity index (χ3v) is 4.97. The molecule has 4 atom stereocenters. The van der Waals surface area contributed by atoms with Crippen LogP contribution < -0.4 is 0 Å². The van der Waals surface area contributed by atoms with E-state index >= 15 is 0 Å². The first-order valence-corrected chi connectivity index (χ1v) is 5.29. The Kier molecular flexibility index (Phi) is 1.81. The van der Waals surface area contributed by atoms with E-state index in [-0.39, 0.29) is 23.0 Å². The molecule has 2 heteroatoms. The highest BCUT2D eigenvalue weighted by Gasteiger charge is 2.65. The summed E-state index contributed by atoms with van der Waals surface area (Å²) in [6.07, 6.45) is 2.38. The highest BCUT2D eigenvalue weighted by molar-refractivity contribution is 5.14. The van der Waals surface area contributed by atoms with Crippen LogP contribution in [-0.2, 0) is 0 Å². The van der Waals surface area contributed by atoms with E-state index in [1.165, 1.54) is 6.42 Å². The van der Waals surface area contributed by atoms with Crippen LogP contribution in [0.3, 0.4) is 0 Å². The van der Waals surface area contributed by atoms with Crippen LogP contribution in [0.15, 0.2) is 0 Å². The maximum atomic E-state index is 10.0. The van der Waals surface area contributed by atoms with Crippen molar-refractivity contribution >= 4 is 0 Å². The minimum atomic E-state index is -0.384. The van der Waals surface area contributed by atoms with Gasteiger partial charge in [0.15, 0.2) is 0 Å². The summed E-state index contributed by atoms with van der Waals surface area (Å²) in [4.78, 5) is 0. The summed E-state index contributed by atoms with van der Waals surface area (Å²) in [6.45, 7) is 6.24. The van der Waals surface area contributed by atoms with Gasteiger partial charge in [-0.2, -0.15) is 0 Å². The predicted octanol–water partition coefficient (Wildman–Crippen LogP) is 1.55. The first-order valence-electron chi connectivity index (χ1n) is 5.29. The molecule has 0 heterocycles. The first-order chi connectivity index (χ1) is 5.93. The van der Waals surface area contributed by atoms with Crippen molar-refractivity contribution in [2.75, 3.05) is 0 Å². The van der Waals surface area contributed by atoms with Gasteiger partial charge in [-0.1, -0.05) is 13.8 Å². The van der Waals surface area contributed by atoms with Crippen molar-refractivity contribution in [3.8, 4) is 0 Å². The van der Waals surface area contributed by atoms with Crippen molar-refractivity contribution in [1.29, 1.82) is 0 Å². The quantitative estimate of drug-likeness (QED) is 0.649. The van der Waals surface area contributed by atoms with Crippen LogP contribution in [-0.4, -0.2) is 22.4 Å². The molecule has 0 amide bonds. The Morgan fingerprint density at radius 1 is 1.38 bits per heavy atom. The molecule has 2 saturated carbocycles. The zero-order chi connectivity index (χ0) is 9.85. The van der Waals surface area contributed by atoms with Crippen LogP contribution >= 0.6 is 0 Å². The SMILES string of the molecule is C[C@H](O)[C@]12CC[C@H](C[C@H]1O)C2(C)C. The third-order valence-electron chi connectivity index (χ3n) is 4.97. The zero-order valence-electron chi connectivity index (χ0n) is 8.75. The third kappa shape index (κ3) is 0.861. The van der Waals surface area contributed by atoms with Gasteiger partial charge in [-0.25, -0.2) is 0 Å². The predicted molar refractivity (Wildman–Crippen MR) is 51.2 cm³/mol. The average Bonchev–Trinajstić information content (AvgIpc) is 2.35. The molecular weight excluding hydrogens is 164 g/mol. The molecule has 13 heavy (non-hydrogen) atoms. The number of aliphatic hydroxyl groups excluding tert-OH is 2. The van der Waals surface area contributed by atoms with Gasteiger partial charge in [0.25, 0.3) is 0 Å². The van der Waals surface area contributed by atoms with E-state index in [0.29, 0.717) is 5.92 Å². The summed E-state index contributed by atoms with van der Waals surface area (Å²) in [5.74, 6) is 0.608. The second-order valence-electron chi connectivity index (χ2n) is 5.43. The Morgan fingerprint density at radius 3 is 2.23 bits per heavy atom. The van der Waals surface area contributed by atoms with Gasteiger partial charge < -0.3 is 10.2 Å². The van der Waals surface area contributed by atoms with E-state index in [4.69, 9.17) is 0 Å². The van der Waals surface area contributed by atoms with E-state index in [9.17, 15) is 10.2 Å². The average molecular weight is 184 g/mol. The van der Waals surface area contributed by atoms with Gasteiger partial charge in [-0.15, -0.1) is 0 Å². The Bertz CT molecular complexity index is 222. The maximum absolute atomic E-state index is 10.0. The molecular formula is C11H20O2. The van der Waals surface area contributed by atoms with Crippen LogP contribution in [0, 0.1) is 16.7 Å². The van der Waals surface area contributed by atoms with Crippen molar-refractivity contribution in [2.45, 2.75) is 52.2 Å². The molecule has 2 rings (SSSR count). The summed E-state index contributed by atoms with van der Waals surface area (Å²) in [7, 11) is 0. The summed E-state index contributed by atoms with van der Waals surface area (Å²) < 4.78 is 0. The zero-order valence-corrected chi connectivity index (χ0v) is 8.75. The normalized spacial score (nSPS) is 49.6. The molecule has 0 aromatic heterocycles. The fraction of sp³-hybridized carbons (Fsp3) is 1.00. The first kappa shape index (κ1) is 9.47. The number of hydrogen-bond donors (Lipinski definition) is 2. The molecule has 2 nitrogen and oxygen atoms in total. The number of hydrogen-bond acceptors (Lipinski definition) is 2. The molecule has 2 N–H and O–H groups in total. The van der Waals surface area contributed by atoms with Crippen LogP contribution in [0.2, 0.25) is 0 Å². The lowest BCUT2D eigenvalue weighted by atomic mass is 9.65. The van der Waals surface area contributed by atoms with Crippen LogP contribution in [0.5, 0.6) is 0 Å². The minimum absolute atomic E-state index is 0.112. The Hall–Kier alpha value is -0.0800. The van der Waals surface area contributed by atoms with Crippen LogP contribution in [0.1, 0.15) is 40.0 Å². The minimum Gasteiger partial charge on any atom is -0.393 e. The van der Waals surface area contributed by atoms with E-state index < -0.39 is 0 Å². The lowest BCUT2D eigenvalue weighted by Crippen LogP contribution is -2.47. The van der Waals surface area contributed by atoms with Gasteiger partial charge in [-0.05, 0) is 37.5 Å². The number of rotatable bonds is 1. The van der Waals surface area contributed by atoms with Crippen molar-refractivity contribution in [3.05, 3.63) is 0 Å². The molecule has 0 radical (unpaired) electrons. The Balaban J connectivity index is 2.43. The van der Waals surface area contributed by atoms with Crippen molar-refractivity contribution < 1.29 is 10.2 Å². The second-order valence-corrected chi connectivity index (χ2v) is 5.43. The standard InChI is InChI=1S/C11H20O2/c1-7(12)11-5-4-8(6-9(11)13)10(11,2)3/h7-9,12-13H,4-6H2,1-3H3/t7-,8+,9+,11+/m0/s1. The summed E-state index contributed by atoms with van der Waals surface area (Å²) in [5.41, 5.74) is -0.113. The smallest absolute Gasteiger partial charge is 0.0629 e. The topological polar surface area (TPSA) is 40.5 Å². The summed E-state index contributed by atoms with van der Waals surface area (Å²) >= 11 is 0. The maximum Gasteiger partial charge on any atom is 0.0629 e. The molecule has 0 aromatic carbocycles. The monoisotopic (exact) mass is 184 g/mol. The number of aliphatic hydroxyl groups is 2. The van der Waals surface area contributed by atoms with Gasteiger partial charge >= 0.3 is 0 Å². The Morgan fingerprint density at radius 2 is 2.00 bits per heavy atom. The highest BCUT2D eigenvalue weighted by Crippen LogP contribution is 2.66. The fourth-order valence-corrected chi connectivity index (χ4v) is 3.99. The molecule has 0 saturated heterocycles. The molecule has 2 aliphatic carbocycles. The van der Waals surface area contributed by atoms with Gasteiger partial charge in [0.1, 0.15) is 0 Å². The van der Waals surface area contributed by atoms with Gasteiger partial charge in [0.2, 0.25) is 0 Å². The van der Waals surface area contributed by atoms with Crippen molar-refractivity contribution in [1.82, 2.24) is 0 Å². The lowest BCUT2D eigenvalue weighted by Gasteiger charge is -2.43. The largest absolute Gasteiger partial charge is 0.393 e. The summed E-state index contributed by atoms with van der Waals surface area (Å²) in [5, 5.41) is 19.9. The van der Waals surface area contributed by atoms with Crippen molar-refractivity contribution in [2.24, 2.45) is 16.7 Å². The van der Waals surface area contributed by atoms with Gasteiger partial charge in [0.05, 0.1) is 12.2 Å². The highest BCUT2D eigenvalue weighted by atomic mass is 16.3. The van der Waals surface area contributed by atoms with Crippen molar-refractivity contribution in [3.63, 3.8) is 0 Å². The molecule has 0 spiro atoms. The summed E-state index contributed by atoms with van der Waals surface area (Å²) in [6, 6.07) is 0. The van der Waals surface area contributed by atoms with Crippen LogP contribution in [0.4, 0.5) is 0 Å². The molecule has 2 fully saturated rings. The van der Waals surface area contributed by atoms with Gasteiger partial charge in [-0.3, -0.25) is 0 Å². The molecule has 76 valence electrons. The van der Waals surface area contributed by atoms with Crippen LogP contribution in [0.25, 0.3) is 0 Å². The van der Waals surface area contributed by atoms with E-state index in [1.807, 2.05) is 6.92 Å². The number of fused-ring (bicyclic) bond motifs is 2. The van der Waals surface area contributed by atoms with E-state index in [1.54, 1.807) is 0 Å². The van der Waals surface area contributed by atoms with Gasteiger partial charge in [0, 0.05) is 5.41 Å². The molecule has 0 aromatic rings. The Labute approximate surface area is 80.0 Å². The van der Waals surface area contributed by atoms with E-state index in [0.717, 1.165) is 12.8 Å². The molecule has 2 aliphatic rings. The van der Waals surface area contributed by atoms with E-state index in [2.05, 4.69) is 13.8 Å². The molecule has 0 aliphatic heterocycles. The lowest BCUT2D eigenvalue weighted by molar-refractivity contribution is -0.0894. The fourth-order valence-electron chi connectivity index (χ4n) is 3.99. The molecule has 0 unspecified atom stereocenters.